The minimum atomic E-state index is 0.247. The van der Waals surface area contributed by atoms with Crippen molar-refractivity contribution in [3.05, 3.63) is 41.7 Å². The molecule has 7 heteroatoms. The van der Waals surface area contributed by atoms with Crippen molar-refractivity contribution in [1.82, 2.24) is 14.3 Å². The first-order valence-corrected chi connectivity index (χ1v) is 9.07. The number of ether oxygens (including phenoxy) is 2. The maximum Gasteiger partial charge on any atom is 0.205 e. The lowest BCUT2D eigenvalue weighted by molar-refractivity contribution is -0.0499. The van der Waals surface area contributed by atoms with Gasteiger partial charge in [0, 0.05) is 44.8 Å². The number of fused-ring (bicyclic) bond motifs is 1. The van der Waals surface area contributed by atoms with Crippen molar-refractivity contribution in [2.24, 2.45) is 0 Å². The Morgan fingerprint density at radius 1 is 1.29 bits per heavy atom. The Kier molecular flexibility index (Phi) is 4.75. The van der Waals surface area contributed by atoms with Gasteiger partial charge in [-0.3, -0.25) is 4.90 Å². The molecule has 0 amide bonds. The predicted octanol–water partition coefficient (Wildman–Crippen LogP) is 1.77. The van der Waals surface area contributed by atoms with Gasteiger partial charge in [0.05, 0.1) is 18.8 Å². The highest BCUT2D eigenvalue weighted by Gasteiger charge is 2.41. The third kappa shape index (κ3) is 3.30. The van der Waals surface area contributed by atoms with E-state index in [0.717, 1.165) is 43.7 Å². The standard InChI is InChI=1S/C17H22N4O2S/c1-22-12-16-18-17(24-19-16)21-10-14-15(11-21)23-8-7-20(14)9-13-5-3-2-4-6-13/h2-6,14-15H,7-12H2,1H3. The summed E-state index contributed by atoms with van der Waals surface area (Å²) in [5.74, 6) is 0.759. The van der Waals surface area contributed by atoms with Gasteiger partial charge in [-0.05, 0) is 5.56 Å². The summed E-state index contributed by atoms with van der Waals surface area (Å²) in [6, 6.07) is 11.1. The molecular formula is C17H22N4O2S. The molecule has 0 spiro atoms. The van der Waals surface area contributed by atoms with Crippen molar-refractivity contribution in [2.75, 3.05) is 38.3 Å². The first-order valence-electron chi connectivity index (χ1n) is 8.29. The van der Waals surface area contributed by atoms with Gasteiger partial charge in [0.25, 0.3) is 0 Å². The lowest BCUT2D eigenvalue weighted by atomic mass is 10.1. The molecule has 0 bridgehead atoms. The molecule has 0 N–H and O–H groups in total. The zero-order valence-electron chi connectivity index (χ0n) is 13.8. The van der Waals surface area contributed by atoms with Crippen molar-refractivity contribution in [2.45, 2.75) is 25.3 Å². The summed E-state index contributed by atoms with van der Waals surface area (Å²) in [5.41, 5.74) is 1.36. The van der Waals surface area contributed by atoms with Gasteiger partial charge in [0.1, 0.15) is 6.61 Å². The van der Waals surface area contributed by atoms with Gasteiger partial charge in [-0.15, -0.1) is 0 Å². The lowest BCUT2D eigenvalue weighted by Crippen LogP contribution is -2.50. The van der Waals surface area contributed by atoms with E-state index in [2.05, 4.69) is 49.5 Å². The van der Waals surface area contributed by atoms with Gasteiger partial charge in [0.15, 0.2) is 5.82 Å². The van der Waals surface area contributed by atoms with E-state index in [9.17, 15) is 0 Å². The molecule has 0 saturated carbocycles. The number of nitrogens with zero attached hydrogens (tertiary/aromatic N) is 4. The van der Waals surface area contributed by atoms with Crippen molar-refractivity contribution >= 4 is 16.7 Å². The summed E-state index contributed by atoms with van der Waals surface area (Å²) in [7, 11) is 1.67. The third-order valence-corrected chi connectivity index (χ3v) is 5.46. The second-order valence-electron chi connectivity index (χ2n) is 6.26. The molecule has 24 heavy (non-hydrogen) atoms. The highest BCUT2D eigenvalue weighted by molar-refractivity contribution is 7.09. The number of hydrogen-bond acceptors (Lipinski definition) is 7. The molecule has 2 fully saturated rings. The molecule has 0 aliphatic carbocycles. The number of benzene rings is 1. The van der Waals surface area contributed by atoms with Crippen LogP contribution in [0.5, 0.6) is 0 Å². The first kappa shape index (κ1) is 16.0. The molecule has 4 rings (SSSR count). The van der Waals surface area contributed by atoms with Crippen LogP contribution in [-0.4, -0.2) is 59.8 Å². The molecule has 128 valence electrons. The zero-order chi connectivity index (χ0) is 16.4. The van der Waals surface area contributed by atoms with E-state index < -0.39 is 0 Å². The van der Waals surface area contributed by atoms with E-state index in [-0.39, 0.29) is 6.10 Å². The summed E-state index contributed by atoms with van der Waals surface area (Å²) >= 11 is 1.45. The fourth-order valence-corrected chi connectivity index (χ4v) is 4.18. The number of morpholine rings is 1. The molecule has 2 aliphatic heterocycles. The van der Waals surface area contributed by atoms with Gasteiger partial charge in [-0.25, -0.2) is 4.98 Å². The van der Waals surface area contributed by atoms with Crippen molar-refractivity contribution in [1.29, 1.82) is 0 Å². The van der Waals surface area contributed by atoms with Gasteiger partial charge < -0.3 is 14.4 Å². The Morgan fingerprint density at radius 3 is 3.00 bits per heavy atom. The average molecular weight is 346 g/mol. The number of anilines is 1. The molecule has 1 aromatic heterocycles. The van der Waals surface area contributed by atoms with Crippen LogP contribution in [0.4, 0.5) is 5.13 Å². The Balaban J connectivity index is 1.45. The van der Waals surface area contributed by atoms with E-state index in [1.54, 1.807) is 7.11 Å². The van der Waals surface area contributed by atoms with E-state index in [1.807, 2.05) is 0 Å². The number of hydrogen-bond donors (Lipinski definition) is 0. The van der Waals surface area contributed by atoms with Crippen LogP contribution >= 0.6 is 11.5 Å². The van der Waals surface area contributed by atoms with Crippen LogP contribution in [0.2, 0.25) is 0 Å². The summed E-state index contributed by atoms with van der Waals surface area (Å²) in [5, 5.41) is 0.972. The summed E-state index contributed by atoms with van der Waals surface area (Å²) < 4.78 is 15.5. The molecule has 3 heterocycles. The van der Waals surface area contributed by atoms with Gasteiger partial charge >= 0.3 is 0 Å². The van der Waals surface area contributed by atoms with Crippen LogP contribution in [0, 0.1) is 0 Å². The normalized spacial score (nSPS) is 24.3. The highest BCUT2D eigenvalue weighted by Crippen LogP contribution is 2.29. The van der Waals surface area contributed by atoms with Crippen molar-refractivity contribution < 1.29 is 9.47 Å². The molecule has 2 aromatic rings. The SMILES string of the molecule is COCc1nsc(N2CC3OCCN(Cc4ccccc4)C3C2)n1. The van der Waals surface area contributed by atoms with Gasteiger partial charge in [-0.1, -0.05) is 30.3 Å². The second-order valence-corrected chi connectivity index (χ2v) is 6.99. The van der Waals surface area contributed by atoms with Gasteiger partial charge in [0.2, 0.25) is 5.13 Å². The average Bonchev–Trinajstić information content (AvgIpc) is 3.23. The van der Waals surface area contributed by atoms with Crippen molar-refractivity contribution in [3.63, 3.8) is 0 Å². The molecule has 2 aliphatic rings. The van der Waals surface area contributed by atoms with E-state index in [1.165, 1.54) is 17.1 Å². The minimum absolute atomic E-state index is 0.247. The van der Waals surface area contributed by atoms with Crippen molar-refractivity contribution in [3.8, 4) is 0 Å². The minimum Gasteiger partial charge on any atom is -0.377 e. The predicted molar refractivity (Wildman–Crippen MR) is 93.2 cm³/mol. The molecule has 0 radical (unpaired) electrons. The number of methoxy groups -OCH3 is 1. The van der Waals surface area contributed by atoms with Crippen LogP contribution < -0.4 is 4.90 Å². The lowest BCUT2D eigenvalue weighted by Gasteiger charge is -2.36. The van der Waals surface area contributed by atoms with Crippen LogP contribution in [0.1, 0.15) is 11.4 Å². The fraction of sp³-hybridized carbons (Fsp3) is 0.529. The summed E-state index contributed by atoms with van der Waals surface area (Å²) in [6.45, 7) is 5.05. The first-order chi connectivity index (χ1) is 11.8. The van der Waals surface area contributed by atoms with E-state index in [0.29, 0.717) is 12.6 Å². The molecule has 2 atom stereocenters. The van der Waals surface area contributed by atoms with Crippen LogP contribution in [0.3, 0.4) is 0 Å². The Labute approximate surface area is 146 Å². The summed E-state index contributed by atoms with van der Waals surface area (Å²) in [4.78, 5) is 9.43. The van der Waals surface area contributed by atoms with Gasteiger partial charge in [-0.2, -0.15) is 4.37 Å². The molecule has 6 nitrogen and oxygen atoms in total. The van der Waals surface area contributed by atoms with Crippen LogP contribution in [0.15, 0.2) is 30.3 Å². The fourth-order valence-electron chi connectivity index (χ4n) is 3.49. The quantitative estimate of drug-likeness (QED) is 0.822. The molecule has 1 aromatic carbocycles. The Bertz CT molecular complexity index is 666. The molecule has 2 saturated heterocycles. The van der Waals surface area contributed by atoms with Crippen LogP contribution in [0.25, 0.3) is 0 Å². The van der Waals surface area contributed by atoms with Crippen LogP contribution in [-0.2, 0) is 22.6 Å². The monoisotopic (exact) mass is 346 g/mol. The Morgan fingerprint density at radius 2 is 2.17 bits per heavy atom. The number of aromatic nitrogens is 2. The Hall–Kier alpha value is -1.54. The summed E-state index contributed by atoms with van der Waals surface area (Å²) in [6.07, 6.45) is 0.247. The largest absolute Gasteiger partial charge is 0.377 e. The zero-order valence-corrected chi connectivity index (χ0v) is 14.6. The van der Waals surface area contributed by atoms with E-state index in [4.69, 9.17) is 9.47 Å². The topological polar surface area (TPSA) is 50.7 Å². The molecular weight excluding hydrogens is 324 g/mol. The number of rotatable bonds is 5. The smallest absolute Gasteiger partial charge is 0.205 e. The second kappa shape index (κ2) is 7.14. The maximum absolute atomic E-state index is 6.02. The highest BCUT2D eigenvalue weighted by atomic mass is 32.1. The maximum atomic E-state index is 6.02. The molecule has 2 unspecified atom stereocenters. The van der Waals surface area contributed by atoms with E-state index >= 15 is 0 Å². The third-order valence-electron chi connectivity index (χ3n) is 4.65.